The number of carbonyl (C=O) groups is 2. The van der Waals surface area contributed by atoms with Gasteiger partial charge < -0.3 is 30.0 Å². The van der Waals surface area contributed by atoms with Crippen LogP contribution in [0.4, 0.5) is 0 Å². The molecule has 1 amide bonds. The molecule has 0 heterocycles. The van der Waals surface area contributed by atoms with Gasteiger partial charge in [-0.1, -0.05) is 11.6 Å². The SMILES string of the molecule is CN/C=C\C(=N)NC(=O)c1cc(Oc2ccc(C(=O)O)cc2Cl)cc(O[C@@H](C)COC)c1. The van der Waals surface area contributed by atoms with Gasteiger partial charge in [-0.2, -0.15) is 0 Å². The fourth-order valence-electron chi connectivity index (χ4n) is 2.58. The van der Waals surface area contributed by atoms with Crippen LogP contribution in [0.1, 0.15) is 27.6 Å². The van der Waals surface area contributed by atoms with Crippen molar-refractivity contribution in [3.05, 3.63) is 64.8 Å². The standard InChI is InChI=1S/C22H24ClN3O6/c1-13(12-30-3)31-16-8-15(21(27)26-20(24)6-7-25-2)9-17(11-16)32-19-5-4-14(22(28)29)10-18(19)23/h4-11,13,25H,12H2,1-3H3,(H,28,29)(H2,24,26,27)/b7-6-/t13-/m0/s1. The van der Waals surface area contributed by atoms with Crippen molar-refractivity contribution in [2.75, 3.05) is 20.8 Å². The second kappa shape index (κ2) is 11.7. The van der Waals surface area contributed by atoms with Crippen LogP contribution in [0.5, 0.6) is 17.2 Å². The molecule has 9 nitrogen and oxygen atoms in total. The van der Waals surface area contributed by atoms with Crippen molar-refractivity contribution in [3.63, 3.8) is 0 Å². The molecule has 2 rings (SSSR count). The van der Waals surface area contributed by atoms with Gasteiger partial charge in [-0.15, -0.1) is 0 Å². The topological polar surface area (TPSA) is 130 Å². The normalized spacial score (nSPS) is 11.6. The van der Waals surface area contributed by atoms with Crippen LogP contribution in [-0.4, -0.2) is 49.7 Å². The Morgan fingerprint density at radius 2 is 1.91 bits per heavy atom. The third-order valence-electron chi connectivity index (χ3n) is 3.95. The second-order valence-corrected chi connectivity index (χ2v) is 7.03. The summed E-state index contributed by atoms with van der Waals surface area (Å²) in [6, 6.07) is 8.58. The minimum atomic E-state index is -1.12. The molecule has 4 N–H and O–H groups in total. The monoisotopic (exact) mass is 461 g/mol. The van der Waals surface area contributed by atoms with Crippen LogP contribution in [-0.2, 0) is 4.74 Å². The lowest BCUT2D eigenvalue weighted by atomic mass is 10.1. The summed E-state index contributed by atoms with van der Waals surface area (Å²) >= 11 is 6.15. The molecular weight excluding hydrogens is 438 g/mol. The van der Waals surface area contributed by atoms with Gasteiger partial charge in [-0.25, -0.2) is 4.79 Å². The number of carboxylic acid groups (broad SMARTS) is 1. The van der Waals surface area contributed by atoms with Crippen molar-refractivity contribution in [1.82, 2.24) is 10.6 Å². The van der Waals surface area contributed by atoms with E-state index in [4.69, 9.17) is 36.3 Å². The molecule has 0 aliphatic rings. The Morgan fingerprint density at radius 3 is 2.53 bits per heavy atom. The molecule has 0 aromatic heterocycles. The lowest BCUT2D eigenvalue weighted by Gasteiger charge is -2.16. The van der Waals surface area contributed by atoms with Crippen molar-refractivity contribution in [1.29, 1.82) is 5.41 Å². The summed E-state index contributed by atoms with van der Waals surface area (Å²) < 4.78 is 16.7. The molecule has 2 aromatic rings. The summed E-state index contributed by atoms with van der Waals surface area (Å²) in [6.07, 6.45) is 2.59. The van der Waals surface area contributed by atoms with Gasteiger partial charge >= 0.3 is 5.97 Å². The third-order valence-corrected chi connectivity index (χ3v) is 4.25. The van der Waals surface area contributed by atoms with E-state index in [-0.39, 0.29) is 39.6 Å². The Hall–Kier alpha value is -3.56. The van der Waals surface area contributed by atoms with Gasteiger partial charge in [0.05, 0.1) is 17.2 Å². The number of amides is 1. The van der Waals surface area contributed by atoms with Crippen molar-refractivity contribution in [2.24, 2.45) is 0 Å². The maximum Gasteiger partial charge on any atom is 0.335 e. The maximum atomic E-state index is 12.6. The number of benzene rings is 2. The van der Waals surface area contributed by atoms with Gasteiger partial charge in [-0.3, -0.25) is 10.2 Å². The van der Waals surface area contributed by atoms with E-state index < -0.39 is 11.9 Å². The fourth-order valence-corrected chi connectivity index (χ4v) is 2.80. The first-order valence-corrected chi connectivity index (χ1v) is 9.86. The molecule has 32 heavy (non-hydrogen) atoms. The molecule has 0 aliphatic carbocycles. The Bertz CT molecular complexity index is 1020. The predicted molar refractivity (Wildman–Crippen MR) is 120 cm³/mol. The van der Waals surface area contributed by atoms with Gasteiger partial charge in [0.15, 0.2) is 0 Å². The minimum absolute atomic E-state index is 0.0148. The number of ether oxygens (including phenoxy) is 3. The van der Waals surface area contributed by atoms with E-state index in [9.17, 15) is 9.59 Å². The average molecular weight is 462 g/mol. The highest BCUT2D eigenvalue weighted by Crippen LogP contribution is 2.33. The van der Waals surface area contributed by atoms with E-state index in [2.05, 4.69) is 10.6 Å². The number of hydrogen-bond acceptors (Lipinski definition) is 7. The summed E-state index contributed by atoms with van der Waals surface area (Å²) in [6.45, 7) is 2.13. The Balaban J connectivity index is 2.35. The second-order valence-electron chi connectivity index (χ2n) is 6.62. The molecule has 0 saturated carbocycles. The summed E-state index contributed by atoms with van der Waals surface area (Å²) in [5.41, 5.74) is 0.198. The van der Waals surface area contributed by atoms with Crippen molar-refractivity contribution >= 4 is 29.3 Å². The third kappa shape index (κ3) is 7.29. The van der Waals surface area contributed by atoms with E-state index in [1.807, 2.05) is 0 Å². The number of methoxy groups -OCH3 is 1. The summed E-state index contributed by atoms with van der Waals surface area (Å²) in [4.78, 5) is 23.7. The highest BCUT2D eigenvalue weighted by atomic mass is 35.5. The van der Waals surface area contributed by atoms with Crippen LogP contribution in [0.3, 0.4) is 0 Å². The lowest BCUT2D eigenvalue weighted by molar-refractivity contribution is 0.0696. The maximum absolute atomic E-state index is 12.6. The number of nitrogens with one attached hydrogen (secondary N) is 3. The van der Waals surface area contributed by atoms with Crippen LogP contribution >= 0.6 is 11.6 Å². The van der Waals surface area contributed by atoms with Gasteiger partial charge in [-0.05, 0) is 49.5 Å². The van der Waals surface area contributed by atoms with Crippen LogP contribution in [0.2, 0.25) is 5.02 Å². The molecule has 0 saturated heterocycles. The molecule has 0 spiro atoms. The number of carbonyl (C=O) groups excluding carboxylic acids is 1. The Morgan fingerprint density at radius 1 is 1.19 bits per heavy atom. The fraction of sp³-hybridized carbons (Fsp3) is 0.227. The molecule has 1 atom stereocenters. The highest BCUT2D eigenvalue weighted by Gasteiger charge is 2.15. The van der Waals surface area contributed by atoms with E-state index >= 15 is 0 Å². The molecule has 0 unspecified atom stereocenters. The van der Waals surface area contributed by atoms with Crippen LogP contribution in [0, 0.1) is 5.41 Å². The van der Waals surface area contributed by atoms with E-state index in [0.29, 0.717) is 12.4 Å². The average Bonchev–Trinajstić information content (AvgIpc) is 2.73. The minimum Gasteiger partial charge on any atom is -0.488 e. The van der Waals surface area contributed by atoms with Crippen LogP contribution in [0.25, 0.3) is 0 Å². The number of amidine groups is 1. The molecule has 0 fully saturated rings. The first-order valence-electron chi connectivity index (χ1n) is 9.48. The summed E-state index contributed by atoms with van der Waals surface area (Å²) in [7, 11) is 3.22. The molecule has 0 bridgehead atoms. The number of halogens is 1. The Labute approximate surface area is 190 Å². The van der Waals surface area contributed by atoms with Crippen molar-refractivity contribution in [2.45, 2.75) is 13.0 Å². The molecule has 10 heteroatoms. The van der Waals surface area contributed by atoms with Crippen molar-refractivity contribution in [3.8, 4) is 17.2 Å². The zero-order chi connectivity index (χ0) is 23.7. The molecule has 0 radical (unpaired) electrons. The van der Waals surface area contributed by atoms with Crippen LogP contribution < -0.4 is 20.1 Å². The number of rotatable bonds is 10. The van der Waals surface area contributed by atoms with E-state index in [1.54, 1.807) is 27.1 Å². The van der Waals surface area contributed by atoms with Crippen molar-refractivity contribution < 1.29 is 28.9 Å². The molecule has 0 aliphatic heterocycles. The summed E-state index contributed by atoms with van der Waals surface area (Å²) in [5, 5.41) is 22.2. The zero-order valence-electron chi connectivity index (χ0n) is 17.8. The first kappa shape index (κ1) is 24.7. The number of aromatic carboxylic acids is 1. The van der Waals surface area contributed by atoms with Gasteiger partial charge in [0.25, 0.3) is 5.91 Å². The van der Waals surface area contributed by atoms with Gasteiger partial charge in [0, 0.05) is 25.8 Å². The molecule has 2 aromatic carbocycles. The number of hydrogen-bond donors (Lipinski definition) is 4. The smallest absolute Gasteiger partial charge is 0.335 e. The zero-order valence-corrected chi connectivity index (χ0v) is 18.5. The highest BCUT2D eigenvalue weighted by molar-refractivity contribution is 6.32. The predicted octanol–water partition coefficient (Wildman–Crippen LogP) is 3.68. The summed E-state index contributed by atoms with van der Waals surface area (Å²) in [5.74, 6) is -0.993. The van der Waals surface area contributed by atoms with E-state index in [1.165, 1.54) is 42.6 Å². The number of carboxylic acids is 1. The first-order chi connectivity index (χ1) is 15.2. The molecule has 170 valence electrons. The van der Waals surface area contributed by atoms with Gasteiger partial charge in [0.1, 0.15) is 29.2 Å². The van der Waals surface area contributed by atoms with Crippen LogP contribution in [0.15, 0.2) is 48.7 Å². The Kier molecular flexibility index (Phi) is 9.06. The largest absolute Gasteiger partial charge is 0.488 e. The van der Waals surface area contributed by atoms with Gasteiger partial charge in [0.2, 0.25) is 0 Å². The lowest BCUT2D eigenvalue weighted by Crippen LogP contribution is -2.28. The van der Waals surface area contributed by atoms with E-state index in [0.717, 1.165) is 0 Å². The quantitative estimate of drug-likeness (QED) is 0.313. The molecular formula is C22H24ClN3O6.